The van der Waals surface area contributed by atoms with Crippen molar-refractivity contribution in [3.63, 3.8) is 0 Å². The molecule has 1 amide bonds. The van der Waals surface area contributed by atoms with Crippen LogP contribution in [0.3, 0.4) is 0 Å². The van der Waals surface area contributed by atoms with E-state index in [4.69, 9.17) is 4.42 Å². The number of aromatic nitrogens is 3. The maximum absolute atomic E-state index is 12.8. The first-order valence-corrected chi connectivity index (χ1v) is 8.32. The Morgan fingerprint density at radius 2 is 1.92 bits per heavy atom. The average molecular weight is 346 g/mol. The van der Waals surface area contributed by atoms with Crippen molar-refractivity contribution in [2.45, 2.75) is 13.0 Å². The van der Waals surface area contributed by atoms with Gasteiger partial charge in [0, 0.05) is 24.8 Å². The second kappa shape index (κ2) is 6.48. The molecule has 6 heteroatoms. The standard InChI is InChI=1S/C20H18N4O2/c1-13-11-16(24(2)23-13)20(25)22-19(14-7-9-21-10-8-14)18-12-15-5-3-4-6-17(15)26-18/h3-12,19H,1-2H3,(H,22,25). The highest BCUT2D eigenvalue weighted by atomic mass is 16.3. The smallest absolute Gasteiger partial charge is 0.270 e. The number of fused-ring (bicyclic) bond motifs is 1. The molecular formula is C20H18N4O2. The average Bonchev–Trinajstić information content (AvgIpc) is 3.22. The van der Waals surface area contributed by atoms with Gasteiger partial charge in [0.15, 0.2) is 0 Å². The number of hydrogen-bond donors (Lipinski definition) is 1. The Kier molecular flexibility index (Phi) is 4.01. The van der Waals surface area contributed by atoms with E-state index >= 15 is 0 Å². The van der Waals surface area contributed by atoms with Crippen LogP contribution in [0.5, 0.6) is 0 Å². The van der Waals surface area contributed by atoms with Crippen molar-refractivity contribution < 1.29 is 9.21 Å². The fourth-order valence-corrected chi connectivity index (χ4v) is 3.05. The lowest BCUT2D eigenvalue weighted by molar-refractivity contribution is 0.0929. The highest BCUT2D eigenvalue weighted by molar-refractivity contribution is 5.93. The van der Waals surface area contributed by atoms with Gasteiger partial charge in [0.1, 0.15) is 23.1 Å². The molecule has 1 atom stereocenters. The Morgan fingerprint density at radius 1 is 1.15 bits per heavy atom. The van der Waals surface area contributed by atoms with Crippen LogP contribution in [0.4, 0.5) is 0 Å². The topological polar surface area (TPSA) is 73.0 Å². The third kappa shape index (κ3) is 2.97. The van der Waals surface area contributed by atoms with E-state index in [0.29, 0.717) is 11.5 Å². The molecule has 1 aromatic carbocycles. The molecule has 0 saturated heterocycles. The molecule has 0 bridgehead atoms. The summed E-state index contributed by atoms with van der Waals surface area (Å²) in [5, 5.41) is 8.29. The van der Waals surface area contributed by atoms with E-state index in [-0.39, 0.29) is 5.91 Å². The van der Waals surface area contributed by atoms with Crippen molar-refractivity contribution in [3.05, 3.63) is 83.6 Å². The summed E-state index contributed by atoms with van der Waals surface area (Å²) in [6.45, 7) is 1.86. The first-order valence-electron chi connectivity index (χ1n) is 8.32. The van der Waals surface area contributed by atoms with Gasteiger partial charge in [-0.25, -0.2) is 0 Å². The van der Waals surface area contributed by atoms with Crippen molar-refractivity contribution in [2.75, 3.05) is 0 Å². The summed E-state index contributed by atoms with van der Waals surface area (Å²) in [5.74, 6) is 0.458. The van der Waals surface area contributed by atoms with E-state index in [1.54, 1.807) is 30.2 Å². The molecule has 6 nitrogen and oxygen atoms in total. The minimum Gasteiger partial charge on any atom is -0.459 e. The van der Waals surface area contributed by atoms with E-state index in [1.807, 2.05) is 49.4 Å². The Balaban J connectivity index is 1.74. The molecule has 0 spiro atoms. The quantitative estimate of drug-likeness (QED) is 0.615. The van der Waals surface area contributed by atoms with E-state index in [9.17, 15) is 4.79 Å². The van der Waals surface area contributed by atoms with Crippen LogP contribution in [-0.2, 0) is 7.05 Å². The van der Waals surface area contributed by atoms with Crippen LogP contribution in [0.15, 0.2) is 65.3 Å². The largest absolute Gasteiger partial charge is 0.459 e. The predicted molar refractivity (Wildman–Crippen MR) is 97.7 cm³/mol. The van der Waals surface area contributed by atoms with Crippen molar-refractivity contribution in [2.24, 2.45) is 7.05 Å². The van der Waals surface area contributed by atoms with Gasteiger partial charge >= 0.3 is 0 Å². The zero-order valence-corrected chi connectivity index (χ0v) is 14.5. The summed E-state index contributed by atoms with van der Waals surface area (Å²) in [5.41, 5.74) is 2.97. The maximum atomic E-state index is 12.8. The molecule has 4 aromatic rings. The van der Waals surface area contributed by atoms with Gasteiger partial charge in [0.25, 0.3) is 5.91 Å². The van der Waals surface area contributed by atoms with Gasteiger partial charge in [0.05, 0.1) is 5.69 Å². The van der Waals surface area contributed by atoms with Crippen LogP contribution in [0.25, 0.3) is 11.0 Å². The van der Waals surface area contributed by atoms with Gasteiger partial charge < -0.3 is 9.73 Å². The lowest BCUT2D eigenvalue weighted by Crippen LogP contribution is -2.30. The molecule has 1 unspecified atom stereocenters. The lowest BCUT2D eigenvalue weighted by Gasteiger charge is -2.17. The monoisotopic (exact) mass is 346 g/mol. The second-order valence-corrected chi connectivity index (χ2v) is 6.17. The lowest BCUT2D eigenvalue weighted by atomic mass is 10.1. The number of benzene rings is 1. The molecule has 0 aliphatic carbocycles. The SMILES string of the molecule is Cc1cc(C(=O)NC(c2ccncc2)c2cc3ccccc3o2)n(C)n1. The number of nitrogens with one attached hydrogen (secondary N) is 1. The minimum atomic E-state index is -0.423. The van der Waals surface area contributed by atoms with Crippen LogP contribution in [0.2, 0.25) is 0 Å². The summed E-state index contributed by atoms with van der Waals surface area (Å²) < 4.78 is 7.58. The van der Waals surface area contributed by atoms with Crippen molar-refractivity contribution in [3.8, 4) is 0 Å². The normalized spacial score (nSPS) is 12.2. The zero-order chi connectivity index (χ0) is 18.1. The predicted octanol–water partition coefficient (Wildman–Crippen LogP) is 3.39. The molecule has 0 fully saturated rings. The molecule has 0 radical (unpaired) electrons. The van der Waals surface area contributed by atoms with Crippen molar-refractivity contribution >= 4 is 16.9 Å². The Bertz CT molecular complexity index is 1030. The number of hydrogen-bond acceptors (Lipinski definition) is 4. The van der Waals surface area contributed by atoms with E-state index in [2.05, 4.69) is 15.4 Å². The first kappa shape index (κ1) is 16.1. The van der Waals surface area contributed by atoms with Crippen molar-refractivity contribution in [1.82, 2.24) is 20.1 Å². The molecule has 1 N–H and O–H groups in total. The minimum absolute atomic E-state index is 0.213. The number of nitrogens with zero attached hydrogens (tertiary/aromatic N) is 3. The van der Waals surface area contributed by atoms with Gasteiger partial charge in [-0.2, -0.15) is 5.10 Å². The van der Waals surface area contributed by atoms with Gasteiger partial charge in [-0.05, 0) is 42.8 Å². The molecule has 0 aliphatic heterocycles. The Hall–Kier alpha value is -3.41. The number of para-hydroxylation sites is 1. The third-order valence-corrected chi connectivity index (χ3v) is 4.28. The number of amides is 1. The highest BCUT2D eigenvalue weighted by Crippen LogP contribution is 2.28. The summed E-state index contributed by atoms with van der Waals surface area (Å²) in [4.78, 5) is 16.9. The molecule has 4 rings (SSSR count). The summed E-state index contributed by atoms with van der Waals surface area (Å²) >= 11 is 0. The number of furan rings is 1. The third-order valence-electron chi connectivity index (χ3n) is 4.28. The van der Waals surface area contributed by atoms with Crippen LogP contribution in [0.1, 0.15) is 33.5 Å². The highest BCUT2D eigenvalue weighted by Gasteiger charge is 2.23. The number of carbonyl (C=O) groups excluding carboxylic acids is 1. The fraction of sp³-hybridized carbons (Fsp3) is 0.150. The van der Waals surface area contributed by atoms with E-state index in [1.165, 1.54) is 0 Å². The molecule has 3 aromatic heterocycles. The number of rotatable bonds is 4. The van der Waals surface area contributed by atoms with Crippen LogP contribution in [0, 0.1) is 6.92 Å². The Labute approximate surface area is 150 Å². The molecule has 0 saturated carbocycles. The number of aryl methyl sites for hydroxylation is 2. The van der Waals surface area contributed by atoms with Crippen LogP contribution < -0.4 is 5.32 Å². The first-order chi connectivity index (χ1) is 12.6. The molecule has 0 aliphatic rings. The van der Waals surface area contributed by atoms with Gasteiger partial charge in [0.2, 0.25) is 0 Å². The zero-order valence-electron chi connectivity index (χ0n) is 14.5. The fourth-order valence-electron chi connectivity index (χ4n) is 3.05. The molecular weight excluding hydrogens is 328 g/mol. The summed E-state index contributed by atoms with van der Waals surface area (Å²) in [6, 6.07) is 14.8. The molecule has 26 heavy (non-hydrogen) atoms. The van der Waals surface area contributed by atoms with E-state index in [0.717, 1.165) is 22.2 Å². The summed E-state index contributed by atoms with van der Waals surface area (Å²) in [7, 11) is 1.75. The summed E-state index contributed by atoms with van der Waals surface area (Å²) in [6.07, 6.45) is 3.40. The number of carbonyl (C=O) groups is 1. The van der Waals surface area contributed by atoms with Crippen LogP contribution >= 0.6 is 0 Å². The molecule has 130 valence electrons. The van der Waals surface area contributed by atoms with Crippen LogP contribution in [-0.4, -0.2) is 20.7 Å². The Morgan fingerprint density at radius 3 is 2.62 bits per heavy atom. The van der Waals surface area contributed by atoms with E-state index < -0.39 is 6.04 Å². The maximum Gasteiger partial charge on any atom is 0.270 e. The van der Waals surface area contributed by atoms with Crippen molar-refractivity contribution in [1.29, 1.82) is 0 Å². The van der Waals surface area contributed by atoms with Gasteiger partial charge in [-0.1, -0.05) is 18.2 Å². The number of pyridine rings is 1. The second-order valence-electron chi connectivity index (χ2n) is 6.17. The van der Waals surface area contributed by atoms with Gasteiger partial charge in [-0.15, -0.1) is 0 Å². The van der Waals surface area contributed by atoms with Gasteiger partial charge in [-0.3, -0.25) is 14.5 Å². The molecule has 3 heterocycles.